The zero-order valence-corrected chi connectivity index (χ0v) is 14.1. The van der Waals surface area contributed by atoms with E-state index >= 15 is 0 Å². The van der Waals surface area contributed by atoms with Gasteiger partial charge in [-0.05, 0) is 43.2 Å². The van der Waals surface area contributed by atoms with E-state index in [0.717, 1.165) is 11.1 Å². The molecule has 0 unspecified atom stereocenters. The van der Waals surface area contributed by atoms with Gasteiger partial charge in [-0.1, -0.05) is 18.2 Å². The molecule has 0 aliphatic carbocycles. The molecule has 0 heterocycles. The van der Waals surface area contributed by atoms with Gasteiger partial charge in [0.25, 0.3) is 0 Å². The van der Waals surface area contributed by atoms with E-state index < -0.39 is 5.82 Å². The molecule has 0 bridgehead atoms. The number of halogens is 1. The maximum absolute atomic E-state index is 13.9. The molecule has 0 amide bonds. The number of benzene rings is 2. The molecule has 0 spiro atoms. The van der Waals surface area contributed by atoms with Crippen LogP contribution in [0.5, 0.6) is 11.5 Å². The third-order valence-corrected chi connectivity index (χ3v) is 3.55. The van der Waals surface area contributed by atoms with Crippen molar-refractivity contribution in [2.45, 2.75) is 26.9 Å². The molecule has 0 aromatic heterocycles. The molecular formula is C19H21FO4. The largest absolute Gasteiger partial charge is 0.493 e. The lowest BCUT2D eigenvalue weighted by Crippen LogP contribution is -2.10. The van der Waals surface area contributed by atoms with Crippen molar-refractivity contribution in [2.75, 3.05) is 13.7 Å². The van der Waals surface area contributed by atoms with Gasteiger partial charge in [0.05, 0.1) is 20.1 Å². The Hall–Kier alpha value is -2.56. The van der Waals surface area contributed by atoms with E-state index in [4.69, 9.17) is 14.2 Å². The van der Waals surface area contributed by atoms with E-state index in [0.29, 0.717) is 17.9 Å². The van der Waals surface area contributed by atoms with Crippen LogP contribution in [0, 0.1) is 12.7 Å². The summed E-state index contributed by atoms with van der Waals surface area (Å²) in [5.74, 6) is 0.00664. The quantitative estimate of drug-likeness (QED) is 0.723. The fraction of sp³-hybridized carbons (Fsp3) is 0.316. The first-order valence-corrected chi connectivity index (χ1v) is 7.74. The van der Waals surface area contributed by atoms with Crippen LogP contribution in [-0.4, -0.2) is 19.7 Å². The van der Waals surface area contributed by atoms with E-state index in [1.54, 1.807) is 24.3 Å². The summed E-state index contributed by atoms with van der Waals surface area (Å²) in [5.41, 5.74) is 2.27. The van der Waals surface area contributed by atoms with Crippen molar-refractivity contribution < 1.29 is 23.4 Å². The Bertz CT molecular complexity index is 713. The third kappa shape index (κ3) is 4.47. The van der Waals surface area contributed by atoms with Crippen molar-refractivity contribution in [1.29, 1.82) is 0 Å². The van der Waals surface area contributed by atoms with Gasteiger partial charge in [0.15, 0.2) is 11.6 Å². The van der Waals surface area contributed by atoms with E-state index in [1.807, 2.05) is 19.9 Å². The lowest BCUT2D eigenvalue weighted by atomic mass is 10.0. The van der Waals surface area contributed by atoms with Crippen LogP contribution in [0.1, 0.15) is 23.6 Å². The second-order valence-corrected chi connectivity index (χ2v) is 5.30. The highest BCUT2D eigenvalue weighted by Crippen LogP contribution is 2.26. The molecule has 0 saturated carbocycles. The van der Waals surface area contributed by atoms with E-state index in [2.05, 4.69) is 0 Å². The first kappa shape index (κ1) is 17.8. The van der Waals surface area contributed by atoms with Gasteiger partial charge in [-0.15, -0.1) is 0 Å². The molecule has 0 atom stereocenters. The Balaban J connectivity index is 2.26. The summed E-state index contributed by atoms with van der Waals surface area (Å²) < 4.78 is 29.9. The normalized spacial score (nSPS) is 10.3. The summed E-state index contributed by atoms with van der Waals surface area (Å²) in [7, 11) is 1.34. The number of hydrogen-bond acceptors (Lipinski definition) is 4. The number of aryl methyl sites for hydroxylation is 1. The van der Waals surface area contributed by atoms with Gasteiger partial charge >= 0.3 is 5.97 Å². The second-order valence-electron chi connectivity index (χ2n) is 5.30. The molecule has 2 aromatic carbocycles. The van der Waals surface area contributed by atoms with Crippen molar-refractivity contribution in [3.05, 3.63) is 58.9 Å². The monoisotopic (exact) mass is 332 g/mol. The van der Waals surface area contributed by atoms with Gasteiger partial charge in [-0.3, -0.25) is 4.79 Å². The van der Waals surface area contributed by atoms with Crippen LogP contribution in [0.3, 0.4) is 0 Å². The zero-order valence-electron chi connectivity index (χ0n) is 14.1. The average Bonchev–Trinajstić information content (AvgIpc) is 2.56. The van der Waals surface area contributed by atoms with Crippen molar-refractivity contribution in [3.8, 4) is 11.5 Å². The lowest BCUT2D eigenvalue weighted by Gasteiger charge is -2.16. The summed E-state index contributed by atoms with van der Waals surface area (Å²) in [6.07, 6.45) is 0.104. The summed E-state index contributed by atoms with van der Waals surface area (Å²) in [5, 5.41) is 0. The van der Waals surface area contributed by atoms with Crippen molar-refractivity contribution in [1.82, 2.24) is 0 Å². The number of methoxy groups -OCH3 is 1. The van der Waals surface area contributed by atoms with Gasteiger partial charge in [-0.25, -0.2) is 4.39 Å². The highest BCUT2D eigenvalue weighted by molar-refractivity contribution is 5.73. The molecule has 2 rings (SSSR count). The highest BCUT2D eigenvalue weighted by Gasteiger charge is 2.15. The van der Waals surface area contributed by atoms with Gasteiger partial charge in [0.1, 0.15) is 12.4 Å². The summed E-state index contributed by atoms with van der Waals surface area (Å²) >= 11 is 0. The van der Waals surface area contributed by atoms with Gasteiger partial charge in [0.2, 0.25) is 0 Å². The maximum Gasteiger partial charge on any atom is 0.309 e. The number of hydrogen-bond donors (Lipinski definition) is 0. The summed E-state index contributed by atoms with van der Waals surface area (Å²) in [4.78, 5) is 11.6. The maximum atomic E-state index is 13.9. The van der Waals surface area contributed by atoms with Gasteiger partial charge in [-0.2, -0.15) is 0 Å². The van der Waals surface area contributed by atoms with Crippen molar-refractivity contribution in [2.24, 2.45) is 0 Å². The fourth-order valence-corrected chi connectivity index (χ4v) is 2.33. The molecule has 5 heteroatoms. The van der Waals surface area contributed by atoms with Crippen LogP contribution in [0.15, 0.2) is 36.4 Å². The molecule has 0 N–H and O–H groups in total. The predicted molar refractivity (Wildman–Crippen MR) is 88.8 cm³/mol. The average molecular weight is 332 g/mol. The number of carbonyl (C=O) groups excluding carboxylic acids is 1. The van der Waals surface area contributed by atoms with Crippen LogP contribution >= 0.6 is 0 Å². The van der Waals surface area contributed by atoms with Crippen LogP contribution in [0.25, 0.3) is 0 Å². The molecule has 4 nitrogen and oxygen atoms in total. The molecule has 0 fully saturated rings. The minimum Gasteiger partial charge on any atom is -0.493 e. The lowest BCUT2D eigenvalue weighted by molar-refractivity contribution is -0.139. The van der Waals surface area contributed by atoms with Gasteiger partial charge in [0, 0.05) is 5.56 Å². The van der Waals surface area contributed by atoms with Crippen molar-refractivity contribution in [3.63, 3.8) is 0 Å². The molecular weight excluding hydrogens is 311 g/mol. The van der Waals surface area contributed by atoms with Gasteiger partial charge < -0.3 is 14.2 Å². The Morgan fingerprint density at radius 2 is 1.92 bits per heavy atom. The predicted octanol–water partition coefficient (Wildman–Crippen LogP) is 3.83. The molecule has 0 aliphatic heterocycles. The van der Waals surface area contributed by atoms with Crippen LogP contribution in [-0.2, 0) is 22.6 Å². The fourth-order valence-electron chi connectivity index (χ4n) is 2.33. The Morgan fingerprint density at radius 3 is 2.58 bits per heavy atom. The number of carbonyl (C=O) groups is 1. The minimum atomic E-state index is -0.418. The van der Waals surface area contributed by atoms with E-state index in [1.165, 1.54) is 13.2 Å². The number of ether oxygens (including phenoxy) is 3. The molecule has 24 heavy (non-hydrogen) atoms. The molecule has 0 saturated heterocycles. The minimum absolute atomic E-state index is 0.0997. The Labute approximate surface area is 141 Å². The number of rotatable bonds is 7. The van der Waals surface area contributed by atoms with Crippen LogP contribution in [0.2, 0.25) is 0 Å². The molecule has 2 aromatic rings. The first-order valence-electron chi connectivity index (χ1n) is 7.74. The topological polar surface area (TPSA) is 44.8 Å². The Kier molecular flexibility index (Phi) is 6.18. The molecule has 0 radical (unpaired) electrons. The Morgan fingerprint density at radius 1 is 1.12 bits per heavy atom. The summed E-state index contributed by atoms with van der Waals surface area (Å²) in [6.45, 7) is 4.26. The number of esters is 1. The third-order valence-electron chi connectivity index (χ3n) is 3.55. The smallest absolute Gasteiger partial charge is 0.309 e. The van der Waals surface area contributed by atoms with Crippen LogP contribution < -0.4 is 9.47 Å². The first-order chi connectivity index (χ1) is 11.5. The second kappa shape index (κ2) is 8.34. The van der Waals surface area contributed by atoms with E-state index in [-0.39, 0.29) is 24.7 Å². The van der Waals surface area contributed by atoms with E-state index in [9.17, 15) is 9.18 Å². The standard InChI is InChI=1S/C19H21FO4/c1-4-23-17-7-5-6-14(11-19(21)22-3)15(17)12-24-18-9-8-13(2)10-16(18)20/h5-10H,4,11-12H2,1-3H3. The molecule has 128 valence electrons. The highest BCUT2D eigenvalue weighted by atomic mass is 19.1. The summed E-state index contributed by atoms with van der Waals surface area (Å²) in [6, 6.07) is 10.2. The SMILES string of the molecule is CCOc1cccc(CC(=O)OC)c1COc1ccc(C)cc1F. The van der Waals surface area contributed by atoms with Crippen molar-refractivity contribution >= 4 is 5.97 Å². The molecule has 0 aliphatic rings. The zero-order chi connectivity index (χ0) is 17.5. The van der Waals surface area contributed by atoms with Crippen LogP contribution in [0.4, 0.5) is 4.39 Å².